The van der Waals surface area contributed by atoms with Crippen molar-refractivity contribution in [2.24, 2.45) is 17.6 Å². The van der Waals surface area contributed by atoms with E-state index in [1.165, 1.54) is 0 Å². The second-order valence-electron chi connectivity index (χ2n) is 4.36. The number of hydrogen-bond acceptors (Lipinski definition) is 5. The van der Waals surface area contributed by atoms with E-state index in [1.54, 1.807) is 0 Å². The number of unbranched alkanes of at least 4 members (excludes halogenated alkanes) is 2. The van der Waals surface area contributed by atoms with E-state index >= 15 is 0 Å². The first-order valence-corrected chi connectivity index (χ1v) is 6.23. The molecule has 0 aliphatic rings. The maximum atomic E-state index is 11.5. The molecule has 0 saturated heterocycles. The van der Waals surface area contributed by atoms with Crippen molar-refractivity contribution in [1.82, 2.24) is 10.9 Å². The van der Waals surface area contributed by atoms with E-state index in [-0.39, 0.29) is 12.8 Å². The minimum atomic E-state index is -0.657. The van der Waals surface area contributed by atoms with E-state index in [1.807, 2.05) is 10.9 Å². The molecule has 0 radical (unpaired) electrons. The topological polar surface area (TPSA) is 130 Å². The number of hydrogen-bond donors (Lipinski definition) is 5. The molecule has 7 heteroatoms. The summed E-state index contributed by atoms with van der Waals surface area (Å²) in [4.78, 5) is 22.6. The first kappa shape index (κ1) is 16.8. The minimum absolute atomic E-state index is 0.0790. The molecular weight excluding hydrogens is 236 g/mol. The van der Waals surface area contributed by atoms with Gasteiger partial charge in [0.1, 0.15) is 0 Å². The van der Waals surface area contributed by atoms with E-state index in [0.717, 1.165) is 19.3 Å². The van der Waals surface area contributed by atoms with Crippen molar-refractivity contribution in [3.63, 3.8) is 0 Å². The van der Waals surface area contributed by atoms with Crippen molar-refractivity contribution in [3.05, 3.63) is 0 Å². The molecule has 0 heterocycles. The lowest BCUT2D eigenvalue weighted by Gasteiger charge is -2.18. The summed E-state index contributed by atoms with van der Waals surface area (Å²) in [6, 6.07) is 0. The van der Waals surface area contributed by atoms with Gasteiger partial charge in [-0.25, -0.2) is 11.7 Å². The molecule has 106 valence electrons. The lowest BCUT2D eigenvalue weighted by Crippen LogP contribution is -2.41. The van der Waals surface area contributed by atoms with Crippen molar-refractivity contribution in [2.75, 3.05) is 0 Å². The van der Waals surface area contributed by atoms with Crippen LogP contribution < -0.4 is 22.5 Å². The van der Waals surface area contributed by atoms with Crippen LogP contribution in [-0.4, -0.2) is 23.0 Å². The van der Waals surface area contributed by atoms with Gasteiger partial charge in [0.15, 0.2) is 0 Å². The summed E-state index contributed by atoms with van der Waals surface area (Å²) in [5.74, 6) is 8.43. The molecular formula is C11H24N4O3. The van der Waals surface area contributed by atoms with Crippen LogP contribution in [0.25, 0.3) is 0 Å². The fraction of sp³-hybridized carbons (Fsp3) is 0.818. The van der Waals surface area contributed by atoms with E-state index in [4.69, 9.17) is 11.7 Å². The highest BCUT2D eigenvalue weighted by atomic mass is 16.3. The Morgan fingerprint density at radius 3 is 2.39 bits per heavy atom. The summed E-state index contributed by atoms with van der Waals surface area (Å²) < 4.78 is 0. The highest BCUT2D eigenvalue weighted by molar-refractivity contribution is 5.85. The predicted molar refractivity (Wildman–Crippen MR) is 67.5 cm³/mol. The molecule has 0 aliphatic heterocycles. The Morgan fingerprint density at radius 1 is 1.22 bits per heavy atom. The quantitative estimate of drug-likeness (QED) is 0.162. The average Bonchev–Trinajstić information content (AvgIpc) is 2.37. The number of amides is 2. The fourth-order valence-electron chi connectivity index (χ4n) is 1.76. The summed E-state index contributed by atoms with van der Waals surface area (Å²) in [7, 11) is 0. The average molecular weight is 260 g/mol. The number of aliphatic hydroxyl groups excluding tert-OH is 1. The predicted octanol–water partition coefficient (Wildman–Crippen LogP) is -0.696. The smallest absolute Gasteiger partial charge is 0.237 e. The number of aliphatic hydroxyl groups is 1. The van der Waals surface area contributed by atoms with Crippen LogP contribution >= 0.6 is 0 Å². The van der Waals surface area contributed by atoms with Crippen LogP contribution in [0.3, 0.4) is 0 Å². The Hall–Kier alpha value is -1.18. The molecule has 0 saturated carbocycles. The molecule has 0 aromatic heterocycles. The van der Waals surface area contributed by atoms with Gasteiger partial charge in [-0.15, -0.1) is 0 Å². The second-order valence-corrected chi connectivity index (χ2v) is 4.36. The molecule has 7 N–H and O–H groups in total. The van der Waals surface area contributed by atoms with Crippen LogP contribution in [0.1, 0.15) is 45.4 Å². The standard InChI is InChI=1S/C11H24N4O3/c1-2-3-4-5-9(16)6-8(11(18)15-13)7-10(17)14-12/h8-9,16H,2-7,12-13H2,1H3,(H,14,17)(H,15,18)/t8-,9+/m1/s1. The third-order valence-corrected chi connectivity index (χ3v) is 2.80. The highest BCUT2D eigenvalue weighted by Crippen LogP contribution is 2.16. The lowest BCUT2D eigenvalue weighted by molar-refractivity contribution is -0.131. The van der Waals surface area contributed by atoms with Gasteiger partial charge in [0.05, 0.1) is 12.0 Å². The van der Waals surface area contributed by atoms with Gasteiger partial charge in [0, 0.05) is 6.42 Å². The molecule has 2 atom stereocenters. The van der Waals surface area contributed by atoms with Crippen molar-refractivity contribution in [3.8, 4) is 0 Å². The first-order chi connectivity index (χ1) is 8.54. The largest absolute Gasteiger partial charge is 0.393 e. The second kappa shape index (κ2) is 9.81. The minimum Gasteiger partial charge on any atom is -0.393 e. The van der Waals surface area contributed by atoms with Gasteiger partial charge in [-0.2, -0.15) is 0 Å². The van der Waals surface area contributed by atoms with E-state index in [9.17, 15) is 14.7 Å². The lowest BCUT2D eigenvalue weighted by atomic mass is 9.94. The zero-order valence-corrected chi connectivity index (χ0v) is 10.8. The molecule has 0 bridgehead atoms. The molecule has 0 aliphatic carbocycles. The van der Waals surface area contributed by atoms with Crippen molar-refractivity contribution < 1.29 is 14.7 Å². The van der Waals surface area contributed by atoms with Gasteiger partial charge >= 0.3 is 0 Å². The zero-order chi connectivity index (χ0) is 14.0. The third kappa shape index (κ3) is 7.21. The van der Waals surface area contributed by atoms with Crippen molar-refractivity contribution in [1.29, 1.82) is 0 Å². The maximum Gasteiger partial charge on any atom is 0.237 e. The fourth-order valence-corrected chi connectivity index (χ4v) is 1.76. The first-order valence-electron chi connectivity index (χ1n) is 6.23. The summed E-state index contributed by atoms with van der Waals surface area (Å²) in [6.45, 7) is 2.07. The molecule has 2 amide bonds. The Morgan fingerprint density at radius 2 is 1.89 bits per heavy atom. The summed E-state index contributed by atoms with van der Waals surface area (Å²) in [5.41, 5.74) is 3.95. The van der Waals surface area contributed by atoms with Crippen LogP contribution in [0.4, 0.5) is 0 Å². The number of carbonyl (C=O) groups excluding carboxylic acids is 2. The Balaban J connectivity index is 4.22. The van der Waals surface area contributed by atoms with Gasteiger partial charge < -0.3 is 5.11 Å². The van der Waals surface area contributed by atoms with Gasteiger partial charge in [-0.1, -0.05) is 26.2 Å². The SMILES string of the molecule is CCCCC[C@H](O)C[C@H](CC(=O)NN)C(=O)NN. The number of rotatable bonds is 9. The van der Waals surface area contributed by atoms with E-state index < -0.39 is 23.8 Å². The van der Waals surface area contributed by atoms with Gasteiger partial charge in [0.25, 0.3) is 0 Å². The monoisotopic (exact) mass is 260 g/mol. The van der Waals surface area contributed by atoms with E-state index in [2.05, 4.69) is 6.92 Å². The van der Waals surface area contributed by atoms with Crippen molar-refractivity contribution >= 4 is 11.8 Å². The van der Waals surface area contributed by atoms with Crippen LogP contribution in [0.15, 0.2) is 0 Å². The van der Waals surface area contributed by atoms with Crippen LogP contribution in [0.5, 0.6) is 0 Å². The van der Waals surface area contributed by atoms with Gasteiger partial charge in [0.2, 0.25) is 11.8 Å². The van der Waals surface area contributed by atoms with Crippen LogP contribution in [-0.2, 0) is 9.59 Å². The highest BCUT2D eigenvalue weighted by Gasteiger charge is 2.23. The molecule has 0 spiro atoms. The van der Waals surface area contributed by atoms with E-state index in [0.29, 0.717) is 6.42 Å². The third-order valence-electron chi connectivity index (χ3n) is 2.80. The summed E-state index contributed by atoms with van der Waals surface area (Å²) >= 11 is 0. The molecule has 18 heavy (non-hydrogen) atoms. The number of hydrazine groups is 2. The van der Waals surface area contributed by atoms with Crippen LogP contribution in [0, 0.1) is 5.92 Å². The van der Waals surface area contributed by atoms with Gasteiger partial charge in [-0.3, -0.25) is 20.4 Å². The molecule has 0 rings (SSSR count). The van der Waals surface area contributed by atoms with Gasteiger partial charge in [-0.05, 0) is 12.8 Å². The Kier molecular flexibility index (Phi) is 9.17. The van der Waals surface area contributed by atoms with Crippen molar-refractivity contribution in [2.45, 2.75) is 51.6 Å². The Bertz CT molecular complexity index is 261. The Labute approximate surface area is 107 Å². The zero-order valence-electron chi connectivity index (χ0n) is 10.8. The number of nitrogens with one attached hydrogen (secondary N) is 2. The molecule has 0 aromatic carbocycles. The number of nitrogens with two attached hydrogens (primary N) is 2. The molecule has 0 fully saturated rings. The molecule has 7 nitrogen and oxygen atoms in total. The maximum absolute atomic E-state index is 11.5. The molecule has 0 aromatic rings. The normalized spacial score (nSPS) is 13.8. The van der Waals surface area contributed by atoms with Crippen LogP contribution in [0.2, 0.25) is 0 Å². The summed E-state index contributed by atoms with van der Waals surface area (Å²) in [5, 5.41) is 9.79. The number of carbonyl (C=O) groups is 2. The molecule has 0 unspecified atom stereocenters. The summed E-state index contributed by atoms with van der Waals surface area (Å²) in [6.07, 6.45) is 3.14.